The SMILES string of the molecule is CC[C@H](CO)Nc1ncc(C(=O)N2CCCCC2)cc1Cl. The maximum Gasteiger partial charge on any atom is 0.255 e. The number of rotatable bonds is 5. The Hall–Kier alpha value is -1.33. The maximum absolute atomic E-state index is 12.4. The van der Waals surface area contributed by atoms with Crippen molar-refractivity contribution in [1.82, 2.24) is 9.88 Å². The van der Waals surface area contributed by atoms with Gasteiger partial charge in [-0.15, -0.1) is 0 Å². The number of anilines is 1. The van der Waals surface area contributed by atoms with Crippen LogP contribution in [0.2, 0.25) is 5.02 Å². The molecule has 1 aromatic heterocycles. The van der Waals surface area contributed by atoms with E-state index in [2.05, 4.69) is 10.3 Å². The molecule has 0 spiro atoms. The number of likely N-dealkylation sites (tertiary alicyclic amines) is 1. The number of aromatic nitrogens is 1. The molecule has 0 aliphatic carbocycles. The number of carbonyl (C=O) groups excluding carboxylic acids is 1. The first-order valence-corrected chi connectivity index (χ1v) is 7.85. The predicted molar refractivity (Wildman–Crippen MR) is 83.8 cm³/mol. The molecule has 1 saturated heterocycles. The Morgan fingerprint density at radius 1 is 1.48 bits per heavy atom. The van der Waals surface area contributed by atoms with Gasteiger partial charge in [-0.25, -0.2) is 4.98 Å². The minimum Gasteiger partial charge on any atom is -0.394 e. The fraction of sp³-hybridized carbons (Fsp3) is 0.600. The summed E-state index contributed by atoms with van der Waals surface area (Å²) in [5, 5.41) is 12.7. The van der Waals surface area contributed by atoms with Gasteiger partial charge in [0.25, 0.3) is 5.91 Å². The Bertz CT molecular complexity index is 486. The molecule has 1 amide bonds. The highest BCUT2D eigenvalue weighted by atomic mass is 35.5. The number of nitrogens with one attached hydrogen (secondary N) is 1. The van der Waals surface area contributed by atoms with E-state index in [0.29, 0.717) is 16.4 Å². The van der Waals surface area contributed by atoms with Gasteiger partial charge in [0.15, 0.2) is 0 Å². The van der Waals surface area contributed by atoms with Crippen molar-refractivity contribution >= 4 is 23.3 Å². The summed E-state index contributed by atoms with van der Waals surface area (Å²) in [6.45, 7) is 3.59. The Morgan fingerprint density at radius 2 is 2.19 bits per heavy atom. The van der Waals surface area contributed by atoms with Crippen LogP contribution in [-0.4, -0.2) is 46.6 Å². The van der Waals surface area contributed by atoms with Crippen LogP contribution < -0.4 is 5.32 Å². The molecule has 1 fully saturated rings. The Balaban J connectivity index is 2.09. The topological polar surface area (TPSA) is 65.5 Å². The third-order valence-corrected chi connectivity index (χ3v) is 4.07. The third-order valence-electron chi connectivity index (χ3n) is 3.79. The molecule has 116 valence electrons. The van der Waals surface area contributed by atoms with Gasteiger partial charge in [-0.3, -0.25) is 4.79 Å². The number of amides is 1. The van der Waals surface area contributed by atoms with Crippen LogP contribution in [-0.2, 0) is 0 Å². The highest BCUT2D eigenvalue weighted by Crippen LogP contribution is 2.22. The normalized spacial score (nSPS) is 16.6. The van der Waals surface area contributed by atoms with Gasteiger partial charge < -0.3 is 15.3 Å². The van der Waals surface area contributed by atoms with Crippen molar-refractivity contribution < 1.29 is 9.90 Å². The van der Waals surface area contributed by atoms with Gasteiger partial charge >= 0.3 is 0 Å². The highest BCUT2D eigenvalue weighted by molar-refractivity contribution is 6.33. The summed E-state index contributed by atoms with van der Waals surface area (Å²) in [7, 11) is 0. The predicted octanol–water partition coefficient (Wildman–Crippen LogP) is 2.54. The van der Waals surface area contributed by atoms with E-state index in [0.717, 1.165) is 32.4 Å². The first kappa shape index (κ1) is 16.0. The molecule has 1 atom stereocenters. The molecule has 0 unspecified atom stereocenters. The van der Waals surface area contributed by atoms with Crippen LogP contribution in [0.4, 0.5) is 5.82 Å². The lowest BCUT2D eigenvalue weighted by Crippen LogP contribution is -2.35. The van der Waals surface area contributed by atoms with Crippen molar-refractivity contribution in [2.45, 2.75) is 38.6 Å². The lowest BCUT2D eigenvalue weighted by Gasteiger charge is -2.26. The highest BCUT2D eigenvalue weighted by Gasteiger charge is 2.19. The number of aliphatic hydroxyl groups excluding tert-OH is 1. The van der Waals surface area contributed by atoms with Crippen LogP contribution >= 0.6 is 11.6 Å². The van der Waals surface area contributed by atoms with E-state index < -0.39 is 0 Å². The van der Waals surface area contributed by atoms with Crippen LogP contribution in [0.3, 0.4) is 0 Å². The summed E-state index contributed by atoms with van der Waals surface area (Å²) < 4.78 is 0. The van der Waals surface area contributed by atoms with Gasteiger partial charge in [-0.2, -0.15) is 0 Å². The van der Waals surface area contributed by atoms with E-state index in [1.54, 1.807) is 12.3 Å². The van der Waals surface area contributed by atoms with Gasteiger partial charge in [0.05, 0.1) is 23.2 Å². The smallest absolute Gasteiger partial charge is 0.255 e. The molecule has 0 radical (unpaired) electrons. The van der Waals surface area contributed by atoms with E-state index >= 15 is 0 Å². The lowest BCUT2D eigenvalue weighted by molar-refractivity contribution is 0.0724. The molecule has 0 saturated carbocycles. The van der Waals surface area contributed by atoms with E-state index in [4.69, 9.17) is 11.6 Å². The molecule has 5 nitrogen and oxygen atoms in total. The van der Waals surface area contributed by atoms with Crippen molar-refractivity contribution in [3.8, 4) is 0 Å². The Labute approximate surface area is 130 Å². The average molecular weight is 312 g/mol. The number of carbonyl (C=O) groups is 1. The zero-order chi connectivity index (χ0) is 15.2. The van der Waals surface area contributed by atoms with Crippen molar-refractivity contribution in [3.05, 3.63) is 22.8 Å². The minimum atomic E-state index is -0.0846. The zero-order valence-electron chi connectivity index (χ0n) is 12.3. The monoisotopic (exact) mass is 311 g/mol. The number of piperidine rings is 1. The van der Waals surface area contributed by atoms with Gasteiger partial charge in [-0.05, 0) is 31.7 Å². The van der Waals surface area contributed by atoms with E-state index in [9.17, 15) is 9.90 Å². The Morgan fingerprint density at radius 3 is 2.76 bits per heavy atom. The molecular formula is C15H22ClN3O2. The molecule has 2 N–H and O–H groups in total. The summed E-state index contributed by atoms with van der Waals surface area (Å²) in [5.41, 5.74) is 0.518. The van der Waals surface area contributed by atoms with Crippen molar-refractivity contribution in [2.24, 2.45) is 0 Å². The Kier molecular flexibility index (Phi) is 5.82. The fourth-order valence-electron chi connectivity index (χ4n) is 2.41. The van der Waals surface area contributed by atoms with Gasteiger partial charge in [0, 0.05) is 19.3 Å². The van der Waals surface area contributed by atoms with Gasteiger partial charge in [0.1, 0.15) is 5.82 Å². The second kappa shape index (κ2) is 7.61. The molecule has 0 aromatic carbocycles. The number of aliphatic hydroxyl groups is 1. The van der Waals surface area contributed by atoms with Crippen molar-refractivity contribution in [1.29, 1.82) is 0 Å². The molecule has 2 heterocycles. The number of nitrogens with zero attached hydrogens (tertiary/aromatic N) is 2. The summed E-state index contributed by atoms with van der Waals surface area (Å²) in [5.74, 6) is 0.498. The minimum absolute atomic E-state index is 0.00940. The largest absolute Gasteiger partial charge is 0.394 e. The second-order valence-electron chi connectivity index (χ2n) is 5.34. The molecular weight excluding hydrogens is 290 g/mol. The first-order valence-electron chi connectivity index (χ1n) is 7.48. The van der Waals surface area contributed by atoms with Crippen molar-refractivity contribution in [3.63, 3.8) is 0 Å². The second-order valence-corrected chi connectivity index (χ2v) is 5.75. The first-order chi connectivity index (χ1) is 10.2. The van der Waals surface area contributed by atoms with Crippen LogP contribution in [0.25, 0.3) is 0 Å². The average Bonchev–Trinajstić information content (AvgIpc) is 2.54. The summed E-state index contributed by atoms with van der Waals surface area (Å²) in [4.78, 5) is 18.4. The summed E-state index contributed by atoms with van der Waals surface area (Å²) in [6, 6.07) is 1.57. The molecule has 1 aromatic rings. The van der Waals surface area contributed by atoms with Crippen LogP contribution in [0.15, 0.2) is 12.3 Å². The summed E-state index contributed by atoms with van der Waals surface area (Å²) in [6.07, 6.45) is 5.62. The molecule has 2 rings (SSSR count). The van der Waals surface area contributed by atoms with Crippen LogP contribution in [0, 0.1) is 0 Å². The third kappa shape index (κ3) is 4.08. The van der Waals surface area contributed by atoms with E-state index in [1.807, 2.05) is 11.8 Å². The number of halogens is 1. The fourth-order valence-corrected chi connectivity index (χ4v) is 2.63. The summed E-state index contributed by atoms with van der Waals surface area (Å²) >= 11 is 6.19. The maximum atomic E-state index is 12.4. The molecule has 1 aliphatic rings. The van der Waals surface area contributed by atoms with Gasteiger partial charge in [0.2, 0.25) is 0 Å². The van der Waals surface area contributed by atoms with Gasteiger partial charge in [-0.1, -0.05) is 18.5 Å². The molecule has 21 heavy (non-hydrogen) atoms. The van der Waals surface area contributed by atoms with E-state index in [1.165, 1.54) is 6.42 Å². The quantitative estimate of drug-likeness (QED) is 0.877. The van der Waals surface area contributed by atoms with Crippen LogP contribution in [0.5, 0.6) is 0 Å². The zero-order valence-corrected chi connectivity index (χ0v) is 13.1. The number of hydrogen-bond acceptors (Lipinski definition) is 4. The van der Waals surface area contributed by atoms with E-state index in [-0.39, 0.29) is 18.6 Å². The number of hydrogen-bond donors (Lipinski definition) is 2. The van der Waals surface area contributed by atoms with Crippen LogP contribution in [0.1, 0.15) is 43.0 Å². The van der Waals surface area contributed by atoms with Crippen molar-refractivity contribution in [2.75, 3.05) is 25.0 Å². The standard InChI is InChI=1S/C15H22ClN3O2/c1-2-12(10-20)18-14-13(16)8-11(9-17-14)15(21)19-6-4-3-5-7-19/h8-9,12,20H,2-7,10H2,1H3,(H,17,18)/t12-/m1/s1. The molecule has 1 aliphatic heterocycles. The number of pyridine rings is 1. The molecule has 6 heteroatoms. The lowest BCUT2D eigenvalue weighted by atomic mass is 10.1. The molecule has 0 bridgehead atoms.